The summed E-state index contributed by atoms with van der Waals surface area (Å²) in [7, 11) is 0. The van der Waals surface area contributed by atoms with Gasteiger partial charge in [0.05, 0.1) is 42.8 Å². The molecule has 0 saturated heterocycles. The fourth-order valence-electron chi connectivity index (χ4n) is 8.35. The van der Waals surface area contributed by atoms with Gasteiger partial charge in [-0.1, -0.05) is 13.8 Å². The molecular weight excluding hydrogens is 689 g/mol. The molecule has 0 spiro atoms. The number of carbonyl (C=O) groups is 2. The number of hydrogen-bond donors (Lipinski definition) is 4. The smallest absolute Gasteiger partial charge is 0.253 e. The Morgan fingerprint density at radius 3 is 1.29 bits per heavy atom. The Hall–Kier alpha value is -2.92. The molecule has 280 valence electrons. The van der Waals surface area contributed by atoms with Crippen LogP contribution in [-0.2, 0) is 0 Å². The van der Waals surface area contributed by atoms with Crippen molar-refractivity contribution in [1.82, 2.24) is 20.6 Å². The highest BCUT2D eigenvalue weighted by atomic mass is 32.1. The number of aliphatic hydroxyl groups is 2. The lowest BCUT2D eigenvalue weighted by molar-refractivity contribution is -0.00313. The number of nitrogens with one attached hydrogen (secondary N) is 2. The zero-order valence-electron chi connectivity index (χ0n) is 31.6. The molecule has 4 heterocycles. The number of amides is 2. The van der Waals surface area contributed by atoms with E-state index >= 15 is 0 Å². The molecule has 10 heteroatoms. The van der Waals surface area contributed by atoms with Crippen LogP contribution in [0.25, 0.3) is 20.4 Å². The maximum atomic E-state index is 12.6. The van der Waals surface area contributed by atoms with Crippen LogP contribution in [0.3, 0.4) is 0 Å². The summed E-state index contributed by atoms with van der Waals surface area (Å²) in [6.07, 6.45) is 13.5. The molecule has 4 aromatic rings. The van der Waals surface area contributed by atoms with Gasteiger partial charge in [-0.25, -0.2) is 0 Å². The number of aromatic nitrogens is 2. The standard InChI is InChI=1S/2C21H28N2O2S/c2*1-12-8-16(12)18-10-17-19(26-18)9-13(11-22-17)20(24)23-15-6-4-14(5-7-15)21(2,3)25/h2*9-12,14-16,25H,4-8H2,1-3H3,(H,23,24)/t2*12-,14?,15?,16+/m10/s1. The Balaban J connectivity index is 0.000000162. The lowest BCUT2D eigenvalue weighted by Gasteiger charge is -2.36. The van der Waals surface area contributed by atoms with Gasteiger partial charge in [0, 0.05) is 34.2 Å². The first-order valence-corrected chi connectivity index (χ1v) is 21.1. The van der Waals surface area contributed by atoms with E-state index in [1.54, 1.807) is 35.1 Å². The van der Waals surface area contributed by atoms with E-state index in [9.17, 15) is 19.8 Å². The molecule has 8 rings (SSSR count). The van der Waals surface area contributed by atoms with Crippen molar-refractivity contribution in [2.45, 2.75) is 141 Å². The number of hydrogen-bond acceptors (Lipinski definition) is 8. The number of nitrogens with zero attached hydrogens (tertiary/aromatic N) is 2. The van der Waals surface area contributed by atoms with Crippen molar-refractivity contribution in [2.24, 2.45) is 23.7 Å². The van der Waals surface area contributed by atoms with Crippen molar-refractivity contribution >= 4 is 54.9 Å². The number of pyridine rings is 2. The van der Waals surface area contributed by atoms with Crippen LogP contribution in [-0.4, -0.2) is 55.3 Å². The first-order valence-electron chi connectivity index (χ1n) is 19.5. The van der Waals surface area contributed by atoms with Crippen LogP contribution >= 0.6 is 22.7 Å². The molecule has 4 saturated carbocycles. The molecular formula is C42H56N4O4S2. The number of fused-ring (bicyclic) bond motifs is 2. The summed E-state index contributed by atoms with van der Waals surface area (Å²) in [4.78, 5) is 37.1. The van der Waals surface area contributed by atoms with Crippen molar-refractivity contribution < 1.29 is 19.8 Å². The average Bonchev–Trinajstić information content (AvgIpc) is 3.90. The summed E-state index contributed by atoms with van der Waals surface area (Å²) < 4.78 is 2.22. The van der Waals surface area contributed by atoms with Crippen LogP contribution in [0.15, 0.2) is 36.7 Å². The van der Waals surface area contributed by atoms with Crippen LogP contribution in [0.2, 0.25) is 0 Å². The molecule has 4 fully saturated rings. The van der Waals surface area contributed by atoms with E-state index in [0.29, 0.717) is 34.8 Å². The lowest BCUT2D eigenvalue weighted by Crippen LogP contribution is -2.41. The van der Waals surface area contributed by atoms with Crippen molar-refractivity contribution in [3.63, 3.8) is 0 Å². The second kappa shape index (κ2) is 14.7. The van der Waals surface area contributed by atoms with Gasteiger partial charge in [0.15, 0.2) is 0 Å². The van der Waals surface area contributed by atoms with Crippen LogP contribution in [0.5, 0.6) is 0 Å². The molecule has 0 unspecified atom stereocenters. The summed E-state index contributed by atoms with van der Waals surface area (Å²) in [5, 5.41) is 26.6. The average molecular weight is 745 g/mol. The predicted octanol–water partition coefficient (Wildman–Crippen LogP) is 8.96. The van der Waals surface area contributed by atoms with Gasteiger partial charge in [0.2, 0.25) is 0 Å². The highest BCUT2D eigenvalue weighted by Crippen LogP contribution is 2.51. The predicted molar refractivity (Wildman–Crippen MR) is 211 cm³/mol. The van der Waals surface area contributed by atoms with Gasteiger partial charge < -0.3 is 20.8 Å². The SMILES string of the molecule is C[C@@H]1C[C@@H]1c1cc2ncc(C(=O)NC3CCC(C(C)(C)O)CC3)cc2s1.C[C@H]1C[C@H]1c1cc2ncc(C(=O)NC3CCC(C(C)(C)O)CC3)cc2s1. The molecule has 0 aliphatic heterocycles. The van der Waals surface area contributed by atoms with E-state index in [4.69, 9.17) is 0 Å². The van der Waals surface area contributed by atoms with Gasteiger partial charge in [-0.2, -0.15) is 0 Å². The molecule has 4 aliphatic carbocycles. The van der Waals surface area contributed by atoms with E-state index in [0.717, 1.165) is 83.6 Å². The fraction of sp³-hybridized carbons (Fsp3) is 0.619. The first kappa shape index (κ1) is 37.4. The molecule has 0 radical (unpaired) electrons. The Morgan fingerprint density at radius 2 is 0.981 bits per heavy atom. The van der Waals surface area contributed by atoms with E-state index in [1.165, 1.54) is 22.6 Å². The minimum absolute atomic E-state index is 0.0270. The van der Waals surface area contributed by atoms with E-state index in [1.807, 2.05) is 39.8 Å². The van der Waals surface area contributed by atoms with Crippen LogP contribution in [0, 0.1) is 23.7 Å². The van der Waals surface area contributed by atoms with Crippen molar-refractivity contribution in [3.05, 3.63) is 57.5 Å². The molecule has 4 aliphatic rings. The first-order chi connectivity index (χ1) is 24.6. The van der Waals surface area contributed by atoms with Crippen LogP contribution < -0.4 is 10.6 Å². The summed E-state index contributed by atoms with van der Waals surface area (Å²) in [6.45, 7) is 12.1. The Kier molecular flexibility index (Phi) is 10.6. The van der Waals surface area contributed by atoms with E-state index < -0.39 is 11.2 Å². The number of thiophene rings is 2. The van der Waals surface area contributed by atoms with Gasteiger partial charge in [-0.15, -0.1) is 22.7 Å². The van der Waals surface area contributed by atoms with E-state index in [-0.39, 0.29) is 23.9 Å². The maximum absolute atomic E-state index is 12.6. The van der Waals surface area contributed by atoms with Crippen molar-refractivity contribution in [2.75, 3.05) is 0 Å². The van der Waals surface area contributed by atoms with Gasteiger partial charge in [-0.3, -0.25) is 19.6 Å². The molecule has 4 aromatic heterocycles. The molecule has 0 bridgehead atoms. The maximum Gasteiger partial charge on any atom is 0.253 e. The topological polar surface area (TPSA) is 124 Å². The molecule has 2 amide bonds. The number of carbonyl (C=O) groups excluding carboxylic acids is 2. The third kappa shape index (κ3) is 8.72. The van der Waals surface area contributed by atoms with Gasteiger partial charge >= 0.3 is 0 Å². The third-order valence-electron chi connectivity index (χ3n) is 12.4. The second-order valence-corrected chi connectivity index (χ2v) is 19.7. The minimum atomic E-state index is -0.625. The van der Waals surface area contributed by atoms with Crippen molar-refractivity contribution in [1.29, 1.82) is 0 Å². The summed E-state index contributed by atoms with van der Waals surface area (Å²) >= 11 is 3.56. The normalized spacial score (nSPS) is 28.9. The van der Waals surface area contributed by atoms with Gasteiger partial charge in [0.25, 0.3) is 11.8 Å². The van der Waals surface area contributed by atoms with Crippen LogP contribution in [0.4, 0.5) is 0 Å². The monoisotopic (exact) mass is 744 g/mol. The van der Waals surface area contributed by atoms with Gasteiger partial charge in [0.1, 0.15) is 0 Å². The summed E-state index contributed by atoms with van der Waals surface area (Å²) in [5.74, 6) is 3.54. The van der Waals surface area contributed by atoms with E-state index in [2.05, 4.69) is 46.6 Å². The zero-order chi connectivity index (χ0) is 36.9. The molecule has 8 nitrogen and oxygen atoms in total. The highest BCUT2D eigenvalue weighted by molar-refractivity contribution is 7.19. The lowest BCUT2D eigenvalue weighted by atomic mass is 9.77. The largest absolute Gasteiger partial charge is 0.390 e. The summed E-state index contributed by atoms with van der Waals surface area (Å²) in [6, 6.07) is 8.75. The second-order valence-electron chi connectivity index (χ2n) is 17.5. The molecule has 4 atom stereocenters. The van der Waals surface area contributed by atoms with Gasteiger partial charge in [-0.05, 0) is 152 Å². The van der Waals surface area contributed by atoms with Crippen molar-refractivity contribution in [3.8, 4) is 0 Å². The fourth-order valence-corrected chi connectivity index (χ4v) is 11.0. The quantitative estimate of drug-likeness (QED) is 0.143. The Bertz CT molecular complexity index is 1770. The zero-order valence-corrected chi connectivity index (χ0v) is 33.2. The Morgan fingerprint density at radius 1 is 0.635 bits per heavy atom. The highest BCUT2D eigenvalue weighted by Gasteiger charge is 2.37. The minimum Gasteiger partial charge on any atom is -0.390 e. The third-order valence-corrected chi connectivity index (χ3v) is 14.8. The Labute approximate surface area is 316 Å². The number of rotatable bonds is 8. The molecule has 0 aromatic carbocycles. The van der Waals surface area contributed by atoms with Crippen LogP contribution in [0.1, 0.15) is 148 Å². The molecule has 52 heavy (non-hydrogen) atoms. The molecule has 4 N–H and O–H groups in total. The summed E-state index contributed by atoms with van der Waals surface area (Å²) in [5.41, 5.74) is 2.07.